The third-order valence-corrected chi connectivity index (χ3v) is 6.43. The second kappa shape index (κ2) is 7.67. The van der Waals surface area contributed by atoms with Crippen molar-refractivity contribution in [1.29, 1.82) is 0 Å². The highest BCUT2D eigenvalue weighted by Crippen LogP contribution is 2.21. The SMILES string of the molecule is CCc1ccc(S(=O)(=O)N[C@@H](C)C(=O)NCc2cccnc2)s1. The van der Waals surface area contributed by atoms with Crippen LogP contribution in [-0.4, -0.2) is 25.4 Å². The van der Waals surface area contributed by atoms with E-state index in [4.69, 9.17) is 0 Å². The standard InChI is InChI=1S/C15H19N3O3S2/c1-3-13-6-7-14(22-13)23(20,21)18-11(2)15(19)17-10-12-5-4-8-16-9-12/h4-9,11,18H,3,10H2,1-2H3,(H,17,19)/t11-/m0/s1. The fourth-order valence-corrected chi connectivity index (χ4v) is 4.40. The number of aryl methyl sites for hydroxylation is 1. The molecule has 0 fully saturated rings. The van der Waals surface area contributed by atoms with E-state index >= 15 is 0 Å². The molecule has 0 unspecified atom stereocenters. The average molecular weight is 353 g/mol. The number of nitrogens with one attached hydrogen (secondary N) is 2. The molecular weight excluding hydrogens is 334 g/mol. The maximum Gasteiger partial charge on any atom is 0.250 e. The molecule has 23 heavy (non-hydrogen) atoms. The number of nitrogens with zero attached hydrogens (tertiary/aromatic N) is 1. The molecule has 0 spiro atoms. The van der Waals surface area contributed by atoms with Crippen molar-refractivity contribution in [1.82, 2.24) is 15.0 Å². The van der Waals surface area contributed by atoms with Gasteiger partial charge in [-0.05, 0) is 37.1 Å². The zero-order chi connectivity index (χ0) is 16.9. The van der Waals surface area contributed by atoms with Crippen molar-refractivity contribution in [2.24, 2.45) is 0 Å². The van der Waals surface area contributed by atoms with Crippen molar-refractivity contribution in [3.63, 3.8) is 0 Å². The Kier molecular flexibility index (Phi) is 5.86. The van der Waals surface area contributed by atoms with Crippen molar-refractivity contribution in [2.75, 3.05) is 0 Å². The number of sulfonamides is 1. The lowest BCUT2D eigenvalue weighted by Crippen LogP contribution is -2.44. The van der Waals surface area contributed by atoms with Crippen LogP contribution < -0.4 is 10.0 Å². The van der Waals surface area contributed by atoms with Gasteiger partial charge in [0, 0.05) is 23.8 Å². The monoisotopic (exact) mass is 353 g/mol. The van der Waals surface area contributed by atoms with E-state index in [1.165, 1.54) is 18.3 Å². The average Bonchev–Trinajstić information content (AvgIpc) is 3.03. The third kappa shape index (κ3) is 4.85. The van der Waals surface area contributed by atoms with Gasteiger partial charge in [0.1, 0.15) is 4.21 Å². The molecule has 0 aromatic carbocycles. The first kappa shape index (κ1) is 17.6. The predicted octanol–water partition coefficient (Wildman–Crippen LogP) is 1.69. The molecule has 0 saturated heterocycles. The zero-order valence-corrected chi connectivity index (χ0v) is 14.6. The first-order valence-corrected chi connectivity index (χ1v) is 9.50. The Bertz CT molecular complexity index is 757. The summed E-state index contributed by atoms with van der Waals surface area (Å²) >= 11 is 1.21. The fraction of sp³-hybridized carbons (Fsp3) is 0.333. The second-order valence-corrected chi connectivity index (χ2v) is 8.11. The Morgan fingerprint density at radius 2 is 2.13 bits per heavy atom. The smallest absolute Gasteiger partial charge is 0.250 e. The van der Waals surface area contributed by atoms with Gasteiger partial charge in [-0.1, -0.05) is 13.0 Å². The number of carbonyl (C=O) groups excluding carboxylic acids is 1. The van der Waals surface area contributed by atoms with Crippen LogP contribution in [0.15, 0.2) is 40.9 Å². The molecule has 2 aromatic heterocycles. The number of carbonyl (C=O) groups is 1. The summed E-state index contributed by atoms with van der Waals surface area (Å²) in [6.45, 7) is 3.78. The number of thiophene rings is 1. The van der Waals surface area contributed by atoms with Crippen LogP contribution >= 0.6 is 11.3 Å². The van der Waals surface area contributed by atoms with Gasteiger partial charge in [0.25, 0.3) is 10.0 Å². The quantitative estimate of drug-likeness (QED) is 0.793. The van der Waals surface area contributed by atoms with Gasteiger partial charge in [-0.3, -0.25) is 9.78 Å². The predicted molar refractivity (Wildman–Crippen MR) is 89.6 cm³/mol. The molecule has 0 aliphatic carbocycles. The lowest BCUT2D eigenvalue weighted by molar-refractivity contribution is -0.122. The molecule has 2 N–H and O–H groups in total. The molecule has 0 radical (unpaired) electrons. The Balaban J connectivity index is 1.94. The molecule has 0 bridgehead atoms. The van der Waals surface area contributed by atoms with E-state index in [0.29, 0.717) is 6.54 Å². The molecule has 8 heteroatoms. The summed E-state index contributed by atoms with van der Waals surface area (Å²) in [5, 5.41) is 2.69. The summed E-state index contributed by atoms with van der Waals surface area (Å²) in [7, 11) is -3.68. The Hall–Kier alpha value is -1.77. The first-order valence-electron chi connectivity index (χ1n) is 7.20. The minimum atomic E-state index is -3.68. The van der Waals surface area contributed by atoms with E-state index in [9.17, 15) is 13.2 Å². The molecule has 124 valence electrons. The number of rotatable bonds is 7. The van der Waals surface area contributed by atoms with E-state index in [0.717, 1.165) is 16.9 Å². The second-order valence-electron chi connectivity index (χ2n) is 5.00. The highest BCUT2D eigenvalue weighted by molar-refractivity contribution is 7.91. The summed E-state index contributed by atoms with van der Waals surface area (Å²) in [5.41, 5.74) is 0.849. The molecule has 2 rings (SSSR count). The van der Waals surface area contributed by atoms with Gasteiger partial charge in [0.15, 0.2) is 0 Å². The highest BCUT2D eigenvalue weighted by atomic mass is 32.2. The minimum absolute atomic E-state index is 0.223. The van der Waals surface area contributed by atoms with Gasteiger partial charge in [-0.2, -0.15) is 4.72 Å². The van der Waals surface area contributed by atoms with Gasteiger partial charge in [0.2, 0.25) is 5.91 Å². The molecule has 2 aromatic rings. The van der Waals surface area contributed by atoms with Gasteiger partial charge in [0.05, 0.1) is 6.04 Å². The largest absolute Gasteiger partial charge is 0.351 e. The molecule has 6 nitrogen and oxygen atoms in total. The normalized spacial score (nSPS) is 12.8. The summed E-state index contributed by atoms with van der Waals surface area (Å²) in [5.74, 6) is -0.385. The highest BCUT2D eigenvalue weighted by Gasteiger charge is 2.23. The number of hydrogen-bond donors (Lipinski definition) is 2. The van der Waals surface area contributed by atoms with E-state index in [1.54, 1.807) is 30.6 Å². The third-order valence-electron chi connectivity index (χ3n) is 3.17. The number of aromatic nitrogens is 1. The van der Waals surface area contributed by atoms with Crippen LogP contribution in [0.4, 0.5) is 0 Å². The van der Waals surface area contributed by atoms with Gasteiger partial charge >= 0.3 is 0 Å². The summed E-state index contributed by atoms with van der Waals surface area (Å²) in [6, 6.07) is 6.10. The topological polar surface area (TPSA) is 88.2 Å². The van der Waals surface area contributed by atoms with Crippen molar-refractivity contribution in [3.05, 3.63) is 47.1 Å². The Morgan fingerprint density at radius 1 is 1.35 bits per heavy atom. The maximum atomic E-state index is 12.3. The molecule has 2 heterocycles. The summed E-state index contributed by atoms with van der Waals surface area (Å²) in [6.07, 6.45) is 4.07. The molecule has 1 atom stereocenters. The number of amides is 1. The van der Waals surface area contributed by atoms with Crippen molar-refractivity contribution in [2.45, 2.75) is 37.1 Å². The minimum Gasteiger partial charge on any atom is -0.351 e. The van der Waals surface area contributed by atoms with Gasteiger partial charge in [-0.15, -0.1) is 11.3 Å². The molecule has 1 amide bonds. The lowest BCUT2D eigenvalue weighted by atomic mass is 10.2. The molecule has 0 aliphatic heterocycles. The van der Waals surface area contributed by atoms with E-state index < -0.39 is 16.1 Å². The first-order chi connectivity index (χ1) is 10.9. The molecular formula is C15H19N3O3S2. The van der Waals surface area contributed by atoms with E-state index in [2.05, 4.69) is 15.0 Å². The summed E-state index contributed by atoms with van der Waals surface area (Å²) < 4.78 is 27.1. The van der Waals surface area contributed by atoms with Crippen LogP contribution in [0.25, 0.3) is 0 Å². The number of hydrogen-bond acceptors (Lipinski definition) is 5. The van der Waals surface area contributed by atoms with Gasteiger partial charge in [-0.25, -0.2) is 8.42 Å². The van der Waals surface area contributed by atoms with Crippen LogP contribution in [-0.2, 0) is 27.8 Å². The maximum absolute atomic E-state index is 12.3. The fourth-order valence-electron chi connectivity index (χ4n) is 1.88. The molecule has 0 saturated carbocycles. The van der Waals surface area contributed by atoms with Crippen molar-refractivity contribution < 1.29 is 13.2 Å². The summed E-state index contributed by atoms with van der Waals surface area (Å²) in [4.78, 5) is 17.0. The van der Waals surface area contributed by atoms with E-state index in [1.807, 2.05) is 13.0 Å². The van der Waals surface area contributed by atoms with E-state index in [-0.39, 0.29) is 10.1 Å². The number of pyridine rings is 1. The van der Waals surface area contributed by atoms with Crippen LogP contribution in [0.1, 0.15) is 24.3 Å². The Morgan fingerprint density at radius 3 is 2.74 bits per heavy atom. The van der Waals surface area contributed by atoms with Gasteiger partial charge < -0.3 is 5.32 Å². The van der Waals surface area contributed by atoms with Crippen LogP contribution in [0.5, 0.6) is 0 Å². The zero-order valence-electron chi connectivity index (χ0n) is 12.9. The van der Waals surface area contributed by atoms with Crippen LogP contribution in [0.3, 0.4) is 0 Å². The molecule has 0 aliphatic rings. The van der Waals surface area contributed by atoms with Crippen molar-refractivity contribution in [3.8, 4) is 0 Å². The van der Waals surface area contributed by atoms with Crippen molar-refractivity contribution >= 4 is 27.3 Å². The van der Waals surface area contributed by atoms with Crippen LogP contribution in [0, 0.1) is 0 Å². The lowest BCUT2D eigenvalue weighted by Gasteiger charge is -2.13. The van der Waals surface area contributed by atoms with Crippen LogP contribution in [0.2, 0.25) is 0 Å². The Labute approximate surface area is 140 Å².